The maximum Gasteiger partial charge on any atom is 0.126 e. The number of nitrogens with zero attached hydrogens (tertiary/aromatic N) is 2. The van der Waals surface area contributed by atoms with Crippen LogP contribution in [0, 0.1) is 12.7 Å². The quantitative estimate of drug-likeness (QED) is 0.947. The van der Waals surface area contributed by atoms with Gasteiger partial charge in [-0.1, -0.05) is 12.1 Å². The summed E-state index contributed by atoms with van der Waals surface area (Å²) in [6, 6.07) is 9.06. The standard InChI is InChI=1S/C17H20FN3O/c1-12-8-14(2-3-15(12)18)16-11-21(6-7-22-16)10-13-4-5-20-17(19)9-13/h2-5,8-9,16H,6-7,10-11H2,1H3,(H2,19,20)/t16-/m1/s1. The zero-order chi connectivity index (χ0) is 15.5. The zero-order valence-corrected chi connectivity index (χ0v) is 12.6. The lowest BCUT2D eigenvalue weighted by Gasteiger charge is -2.33. The zero-order valence-electron chi connectivity index (χ0n) is 12.6. The smallest absolute Gasteiger partial charge is 0.126 e. The molecule has 1 aromatic carbocycles. The number of hydrogen-bond acceptors (Lipinski definition) is 4. The second-order valence-electron chi connectivity index (χ2n) is 5.69. The minimum absolute atomic E-state index is 0.0211. The molecular formula is C17H20FN3O. The van der Waals surface area contributed by atoms with Crippen LogP contribution in [0.5, 0.6) is 0 Å². The van der Waals surface area contributed by atoms with Crippen molar-refractivity contribution in [3.8, 4) is 0 Å². The van der Waals surface area contributed by atoms with E-state index in [4.69, 9.17) is 10.5 Å². The second kappa shape index (κ2) is 6.42. The van der Waals surface area contributed by atoms with E-state index in [2.05, 4.69) is 9.88 Å². The van der Waals surface area contributed by atoms with E-state index < -0.39 is 0 Å². The Morgan fingerprint density at radius 2 is 2.23 bits per heavy atom. The molecule has 3 rings (SSSR count). The van der Waals surface area contributed by atoms with Gasteiger partial charge in [-0.05, 0) is 41.8 Å². The summed E-state index contributed by atoms with van der Waals surface area (Å²) in [5.74, 6) is 0.361. The van der Waals surface area contributed by atoms with Gasteiger partial charge in [-0.2, -0.15) is 0 Å². The van der Waals surface area contributed by atoms with E-state index in [9.17, 15) is 4.39 Å². The van der Waals surface area contributed by atoms with Gasteiger partial charge < -0.3 is 10.5 Å². The van der Waals surface area contributed by atoms with Crippen molar-refractivity contribution >= 4 is 5.82 Å². The predicted molar refractivity (Wildman–Crippen MR) is 83.8 cm³/mol. The van der Waals surface area contributed by atoms with E-state index >= 15 is 0 Å². The van der Waals surface area contributed by atoms with Gasteiger partial charge in [0.25, 0.3) is 0 Å². The highest BCUT2D eigenvalue weighted by Gasteiger charge is 2.22. The van der Waals surface area contributed by atoms with Crippen molar-refractivity contribution in [3.63, 3.8) is 0 Å². The number of hydrogen-bond donors (Lipinski definition) is 1. The van der Waals surface area contributed by atoms with Crippen LogP contribution in [-0.2, 0) is 11.3 Å². The lowest BCUT2D eigenvalue weighted by Crippen LogP contribution is -2.37. The fourth-order valence-electron chi connectivity index (χ4n) is 2.77. The molecule has 1 aliphatic heterocycles. The lowest BCUT2D eigenvalue weighted by atomic mass is 10.0. The summed E-state index contributed by atoms with van der Waals surface area (Å²) in [6.45, 7) is 4.92. The number of anilines is 1. The van der Waals surface area contributed by atoms with Crippen LogP contribution in [0.4, 0.5) is 10.2 Å². The first-order chi connectivity index (χ1) is 10.6. The molecule has 0 aliphatic carbocycles. The highest BCUT2D eigenvalue weighted by Crippen LogP contribution is 2.25. The van der Waals surface area contributed by atoms with Crippen molar-refractivity contribution in [2.75, 3.05) is 25.4 Å². The van der Waals surface area contributed by atoms with Crippen molar-refractivity contribution in [1.29, 1.82) is 0 Å². The average Bonchev–Trinajstić information content (AvgIpc) is 2.50. The van der Waals surface area contributed by atoms with Gasteiger partial charge in [0.15, 0.2) is 0 Å². The fourth-order valence-corrected chi connectivity index (χ4v) is 2.77. The van der Waals surface area contributed by atoms with Gasteiger partial charge >= 0.3 is 0 Å². The molecule has 1 fully saturated rings. The normalized spacial score (nSPS) is 19.3. The number of ether oxygens (including phenoxy) is 1. The van der Waals surface area contributed by atoms with Crippen LogP contribution in [0.2, 0.25) is 0 Å². The Bertz CT molecular complexity index is 662. The molecule has 0 bridgehead atoms. The Hall–Kier alpha value is -1.98. The highest BCUT2D eigenvalue weighted by atomic mass is 19.1. The van der Waals surface area contributed by atoms with E-state index in [0.29, 0.717) is 18.0 Å². The molecule has 5 heteroatoms. The number of benzene rings is 1. The lowest BCUT2D eigenvalue weighted by molar-refractivity contribution is -0.0329. The third-order valence-corrected chi connectivity index (χ3v) is 3.96. The first-order valence-corrected chi connectivity index (χ1v) is 7.42. The molecular weight excluding hydrogens is 281 g/mol. The van der Waals surface area contributed by atoms with Crippen molar-refractivity contribution < 1.29 is 9.13 Å². The van der Waals surface area contributed by atoms with Crippen molar-refractivity contribution in [3.05, 3.63) is 59.0 Å². The van der Waals surface area contributed by atoms with Crippen LogP contribution >= 0.6 is 0 Å². The Labute approximate surface area is 129 Å². The minimum Gasteiger partial charge on any atom is -0.384 e. The number of aromatic nitrogens is 1. The second-order valence-corrected chi connectivity index (χ2v) is 5.69. The molecule has 0 radical (unpaired) electrons. The molecule has 2 aromatic rings. The molecule has 116 valence electrons. The van der Waals surface area contributed by atoms with E-state index in [1.165, 1.54) is 6.07 Å². The summed E-state index contributed by atoms with van der Waals surface area (Å²) in [5, 5.41) is 0. The molecule has 2 N–H and O–H groups in total. The van der Waals surface area contributed by atoms with Crippen LogP contribution < -0.4 is 5.73 Å². The first kappa shape index (κ1) is 14.9. The van der Waals surface area contributed by atoms with E-state index in [1.807, 2.05) is 18.2 Å². The van der Waals surface area contributed by atoms with Crippen LogP contribution in [0.15, 0.2) is 36.5 Å². The number of rotatable bonds is 3. The van der Waals surface area contributed by atoms with Gasteiger partial charge in [0.05, 0.1) is 12.7 Å². The molecule has 1 atom stereocenters. The Morgan fingerprint density at radius 1 is 1.36 bits per heavy atom. The summed E-state index contributed by atoms with van der Waals surface area (Å²) in [6.07, 6.45) is 1.71. The monoisotopic (exact) mass is 301 g/mol. The van der Waals surface area contributed by atoms with Gasteiger partial charge in [-0.25, -0.2) is 9.37 Å². The first-order valence-electron chi connectivity index (χ1n) is 7.42. The van der Waals surface area contributed by atoms with Crippen LogP contribution in [0.3, 0.4) is 0 Å². The highest BCUT2D eigenvalue weighted by molar-refractivity contribution is 5.32. The molecule has 0 amide bonds. The Kier molecular flexibility index (Phi) is 4.36. The molecule has 1 aromatic heterocycles. The number of aryl methyl sites for hydroxylation is 1. The molecule has 1 aliphatic rings. The van der Waals surface area contributed by atoms with Gasteiger partial charge in [0, 0.05) is 25.8 Å². The van der Waals surface area contributed by atoms with Crippen molar-refractivity contribution in [1.82, 2.24) is 9.88 Å². The molecule has 0 saturated carbocycles. The predicted octanol–water partition coefficient (Wildman–Crippen LogP) is 2.68. The summed E-state index contributed by atoms with van der Waals surface area (Å²) in [4.78, 5) is 6.33. The average molecular weight is 301 g/mol. The molecule has 2 heterocycles. The summed E-state index contributed by atoms with van der Waals surface area (Å²) >= 11 is 0. The third kappa shape index (κ3) is 3.43. The third-order valence-electron chi connectivity index (χ3n) is 3.96. The SMILES string of the molecule is Cc1cc([C@H]2CN(Cc3ccnc(N)c3)CCO2)ccc1F. The molecule has 0 unspecified atom stereocenters. The van der Waals surface area contributed by atoms with Gasteiger partial charge in [0.2, 0.25) is 0 Å². The van der Waals surface area contributed by atoms with Crippen LogP contribution in [-0.4, -0.2) is 29.6 Å². The largest absolute Gasteiger partial charge is 0.384 e. The van der Waals surface area contributed by atoms with Crippen LogP contribution in [0.25, 0.3) is 0 Å². The summed E-state index contributed by atoms with van der Waals surface area (Å²) < 4.78 is 19.2. The minimum atomic E-state index is -0.177. The molecule has 4 nitrogen and oxygen atoms in total. The Balaban J connectivity index is 1.69. The number of nitrogen functional groups attached to an aromatic ring is 1. The maximum absolute atomic E-state index is 13.4. The van der Waals surface area contributed by atoms with E-state index in [1.54, 1.807) is 19.2 Å². The van der Waals surface area contributed by atoms with E-state index in [0.717, 1.165) is 30.8 Å². The van der Waals surface area contributed by atoms with Crippen molar-refractivity contribution in [2.24, 2.45) is 0 Å². The van der Waals surface area contributed by atoms with Gasteiger partial charge in [-0.3, -0.25) is 4.90 Å². The Morgan fingerprint density at radius 3 is 3.00 bits per heavy atom. The van der Waals surface area contributed by atoms with Crippen LogP contribution in [0.1, 0.15) is 22.8 Å². The van der Waals surface area contributed by atoms with Gasteiger partial charge in [-0.15, -0.1) is 0 Å². The number of halogens is 1. The fraction of sp³-hybridized carbons (Fsp3) is 0.353. The summed E-state index contributed by atoms with van der Waals surface area (Å²) in [5.41, 5.74) is 8.54. The van der Waals surface area contributed by atoms with Gasteiger partial charge in [0.1, 0.15) is 11.6 Å². The number of nitrogens with two attached hydrogens (primary N) is 1. The molecule has 1 saturated heterocycles. The van der Waals surface area contributed by atoms with E-state index in [-0.39, 0.29) is 11.9 Å². The summed E-state index contributed by atoms with van der Waals surface area (Å²) in [7, 11) is 0. The maximum atomic E-state index is 13.4. The topological polar surface area (TPSA) is 51.4 Å². The molecule has 22 heavy (non-hydrogen) atoms. The number of morpholine rings is 1. The molecule has 0 spiro atoms. The van der Waals surface area contributed by atoms with Crippen molar-refractivity contribution in [2.45, 2.75) is 19.6 Å². The number of pyridine rings is 1.